The molecule has 4 nitrogen and oxygen atoms in total. The number of hydrogen-bond acceptors (Lipinski definition) is 2. The zero-order valence-electron chi connectivity index (χ0n) is 11.5. The van der Waals surface area contributed by atoms with Gasteiger partial charge in [0.2, 0.25) is 0 Å². The number of carbonyl (C=O) groups is 1. The number of urea groups is 1. The number of likely N-dealkylation sites (tertiary alicyclic amines) is 1. The number of amides is 2. The van der Waals surface area contributed by atoms with Gasteiger partial charge in [0, 0.05) is 18.8 Å². The summed E-state index contributed by atoms with van der Waals surface area (Å²) >= 11 is 0. The largest absolute Gasteiger partial charge is 0.418 e. The Bertz CT molecular complexity index is 509. The van der Waals surface area contributed by atoms with Gasteiger partial charge >= 0.3 is 12.2 Å². The van der Waals surface area contributed by atoms with E-state index in [0.29, 0.717) is 13.1 Å². The average Bonchev–Trinajstić information content (AvgIpc) is 2.68. The number of halogens is 3. The van der Waals surface area contributed by atoms with Gasteiger partial charge in [0.25, 0.3) is 0 Å². The SMILES string of the molecule is Nc1ccc(NC(=O)N2CCCCCC2)c(C(F)(F)F)c1. The van der Waals surface area contributed by atoms with E-state index in [9.17, 15) is 18.0 Å². The van der Waals surface area contributed by atoms with Crippen molar-refractivity contribution in [1.82, 2.24) is 4.90 Å². The Balaban J connectivity index is 2.17. The predicted octanol–water partition coefficient (Wildman–Crippen LogP) is 3.70. The van der Waals surface area contributed by atoms with E-state index >= 15 is 0 Å². The van der Waals surface area contributed by atoms with Gasteiger partial charge in [-0.05, 0) is 31.0 Å². The van der Waals surface area contributed by atoms with Crippen molar-refractivity contribution in [3.8, 4) is 0 Å². The summed E-state index contributed by atoms with van der Waals surface area (Å²) in [6.45, 7) is 1.14. The maximum atomic E-state index is 13.0. The first kappa shape index (κ1) is 15.5. The number of alkyl halides is 3. The van der Waals surface area contributed by atoms with Gasteiger partial charge in [0.05, 0.1) is 11.3 Å². The van der Waals surface area contributed by atoms with Crippen molar-refractivity contribution >= 4 is 17.4 Å². The smallest absolute Gasteiger partial charge is 0.399 e. The molecule has 1 saturated heterocycles. The lowest BCUT2D eigenvalue weighted by Gasteiger charge is -2.22. The number of nitrogens with zero attached hydrogens (tertiary/aromatic N) is 1. The fourth-order valence-corrected chi connectivity index (χ4v) is 2.37. The van der Waals surface area contributed by atoms with Crippen LogP contribution in [0.5, 0.6) is 0 Å². The molecule has 21 heavy (non-hydrogen) atoms. The predicted molar refractivity (Wildman–Crippen MR) is 74.9 cm³/mol. The van der Waals surface area contributed by atoms with Crippen molar-refractivity contribution < 1.29 is 18.0 Å². The van der Waals surface area contributed by atoms with Crippen LogP contribution in [-0.4, -0.2) is 24.0 Å². The zero-order valence-corrected chi connectivity index (χ0v) is 11.5. The number of carbonyl (C=O) groups excluding carboxylic acids is 1. The standard InChI is InChI=1S/C14H18F3N3O/c15-14(16,17)11-9-10(18)5-6-12(11)19-13(21)20-7-3-1-2-4-8-20/h5-6,9H,1-4,7-8,18H2,(H,19,21). The minimum Gasteiger partial charge on any atom is -0.399 e. The lowest BCUT2D eigenvalue weighted by atomic mass is 10.1. The van der Waals surface area contributed by atoms with Crippen molar-refractivity contribution in [3.63, 3.8) is 0 Å². The molecule has 1 aliphatic heterocycles. The molecule has 0 aromatic heterocycles. The highest BCUT2D eigenvalue weighted by Crippen LogP contribution is 2.36. The second-order valence-electron chi connectivity index (χ2n) is 5.13. The van der Waals surface area contributed by atoms with Crippen LogP contribution in [0.3, 0.4) is 0 Å². The summed E-state index contributed by atoms with van der Waals surface area (Å²) in [6.07, 6.45) is -0.724. The molecule has 2 rings (SSSR count). The third kappa shape index (κ3) is 4.03. The number of nitrogens with two attached hydrogens (primary N) is 1. The number of benzene rings is 1. The first-order valence-electron chi connectivity index (χ1n) is 6.90. The molecule has 0 spiro atoms. The van der Waals surface area contributed by atoms with Crippen molar-refractivity contribution in [2.45, 2.75) is 31.9 Å². The molecule has 0 aliphatic carbocycles. The van der Waals surface area contributed by atoms with Gasteiger partial charge in [-0.15, -0.1) is 0 Å². The highest BCUT2D eigenvalue weighted by atomic mass is 19.4. The van der Waals surface area contributed by atoms with Gasteiger partial charge in [-0.2, -0.15) is 13.2 Å². The molecular weight excluding hydrogens is 283 g/mol. The number of hydrogen-bond donors (Lipinski definition) is 2. The van der Waals surface area contributed by atoms with Crippen LogP contribution in [-0.2, 0) is 6.18 Å². The Morgan fingerprint density at radius 3 is 2.33 bits per heavy atom. The Morgan fingerprint density at radius 2 is 1.76 bits per heavy atom. The van der Waals surface area contributed by atoms with E-state index in [2.05, 4.69) is 5.32 Å². The summed E-state index contributed by atoms with van der Waals surface area (Å²) in [5, 5.41) is 2.35. The van der Waals surface area contributed by atoms with E-state index in [4.69, 9.17) is 5.73 Å². The van der Waals surface area contributed by atoms with Gasteiger partial charge in [0.1, 0.15) is 0 Å². The second-order valence-corrected chi connectivity index (χ2v) is 5.13. The molecule has 1 fully saturated rings. The minimum atomic E-state index is -4.56. The van der Waals surface area contributed by atoms with Crippen LogP contribution in [0, 0.1) is 0 Å². The van der Waals surface area contributed by atoms with Gasteiger partial charge in [0.15, 0.2) is 0 Å². The topological polar surface area (TPSA) is 58.4 Å². The normalized spacial score (nSPS) is 16.4. The number of anilines is 2. The van der Waals surface area contributed by atoms with Gasteiger partial charge < -0.3 is 16.0 Å². The molecule has 7 heteroatoms. The van der Waals surface area contributed by atoms with Gasteiger partial charge in [-0.1, -0.05) is 12.8 Å². The zero-order chi connectivity index (χ0) is 15.5. The third-order valence-electron chi connectivity index (χ3n) is 3.48. The van der Waals surface area contributed by atoms with Crippen LogP contribution in [0.1, 0.15) is 31.2 Å². The first-order valence-corrected chi connectivity index (χ1v) is 6.90. The molecule has 3 N–H and O–H groups in total. The molecular formula is C14H18F3N3O. The molecule has 0 atom stereocenters. The Kier molecular flexibility index (Phi) is 4.59. The Hall–Kier alpha value is -1.92. The van der Waals surface area contributed by atoms with E-state index in [0.717, 1.165) is 31.7 Å². The minimum absolute atomic E-state index is 0.00935. The summed E-state index contributed by atoms with van der Waals surface area (Å²) in [6, 6.07) is 2.87. The third-order valence-corrected chi connectivity index (χ3v) is 3.48. The van der Waals surface area contributed by atoms with Crippen LogP contribution >= 0.6 is 0 Å². The van der Waals surface area contributed by atoms with E-state index < -0.39 is 17.8 Å². The summed E-state index contributed by atoms with van der Waals surface area (Å²) in [5.74, 6) is 0. The first-order chi connectivity index (χ1) is 9.88. The molecule has 2 amide bonds. The van der Waals surface area contributed by atoms with Crippen LogP contribution < -0.4 is 11.1 Å². The molecule has 0 bridgehead atoms. The number of nitrogens with one attached hydrogen (secondary N) is 1. The van der Waals surface area contributed by atoms with Crippen molar-refractivity contribution in [2.75, 3.05) is 24.1 Å². The number of rotatable bonds is 1. The number of nitrogen functional groups attached to an aromatic ring is 1. The molecule has 1 heterocycles. The van der Waals surface area contributed by atoms with Crippen LogP contribution in [0.4, 0.5) is 29.3 Å². The Labute approximate surface area is 121 Å². The fourth-order valence-electron chi connectivity index (χ4n) is 2.37. The van der Waals surface area contributed by atoms with Crippen LogP contribution in [0.2, 0.25) is 0 Å². The molecule has 0 saturated carbocycles. The average molecular weight is 301 g/mol. The van der Waals surface area contributed by atoms with Gasteiger partial charge in [-0.25, -0.2) is 4.79 Å². The summed E-state index contributed by atoms with van der Waals surface area (Å²) in [7, 11) is 0. The summed E-state index contributed by atoms with van der Waals surface area (Å²) < 4.78 is 38.9. The molecule has 116 valence electrons. The van der Waals surface area contributed by atoms with E-state index in [-0.39, 0.29) is 11.4 Å². The van der Waals surface area contributed by atoms with Gasteiger partial charge in [-0.3, -0.25) is 0 Å². The maximum Gasteiger partial charge on any atom is 0.418 e. The van der Waals surface area contributed by atoms with Crippen molar-refractivity contribution in [2.24, 2.45) is 0 Å². The highest BCUT2D eigenvalue weighted by Gasteiger charge is 2.34. The maximum absolute atomic E-state index is 13.0. The monoisotopic (exact) mass is 301 g/mol. The Morgan fingerprint density at radius 1 is 1.14 bits per heavy atom. The fraction of sp³-hybridized carbons (Fsp3) is 0.500. The second kappa shape index (κ2) is 6.24. The molecule has 0 radical (unpaired) electrons. The summed E-state index contributed by atoms with van der Waals surface area (Å²) in [4.78, 5) is 13.7. The lowest BCUT2D eigenvalue weighted by molar-refractivity contribution is -0.136. The lowest BCUT2D eigenvalue weighted by Crippen LogP contribution is -2.36. The highest BCUT2D eigenvalue weighted by molar-refractivity contribution is 5.90. The molecule has 1 aliphatic rings. The quantitative estimate of drug-likeness (QED) is 0.777. The van der Waals surface area contributed by atoms with E-state index in [1.807, 2.05) is 0 Å². The molecule has 0 unspecified atom stereocenters. The summed E-state index contributed by atoms with van der Waals surface area (Å²) in [5.41, 5.74) is 4.22. The van der Waals surface area contributed by atoms with Crippen LogP contribution in [0.15, 0.2) is 18.2 Å². The van der Waals surface area contributed by atoms with E-state index in [1.165, 1.54) is 12.1 Å². The van der Waals surface area contributed by atoms with Crippen LogP contribution in [0.25, 0.3) is 0 Å². The van der Waals surface area contributed by atoms with Crippen molar-refractivity contribution in [1.29, 1.82) is 0 Å². The molecule has 1 aromatic carbocycles. The molecule has 1 aromatic rings. The van der Waals surface area contributed by atoms with E-state index in [1.54, 1.807) is 4.90 Å². The van der Waals surface area contributed by atoms with Crippen molar-refractivity contribution in [3.05, 3.63) is 23.8 Å².